The molecule has 0 spiro atoms. The molecule has 4 aliphatic rings. The summed E-state index contributed by atoms with van der Waals surface area (Å²) in [6.45, 7) is 5.93. The predicted octanol–water partition coefficient (Wildman–Crippen LogP) is 3.81. The van der Waals surface area contributed by atoms with Crippen molar-refractivity contribution in [3.05, 3.63) is 23.8 Å². The lowest BCUT2D eigenvalue weighted by Gasteiger charge is -2.62. The number of hydrogen-bond acceptors (Lipinski definition) is 3. The summed E-state index contributed by atoms with van der Waals surface area (Å²) >= 11 is 0. The SMILES string of the molecule is C#CCC(=O)C1[C@H](C)CC2C3CCC4=CC(=O)C=C[C@]4(C)[C@@]3(F)[C@@H](O)C[C@@]21C. The van der Waals surface area contributed by atoms with E-state index >= 15 is 4.39 Å². The van der Waals surface area contributed by atoms with Crippen LogP contribution in [0.1, 0.15) is 52.9 Å². The second kappa shape index (κ2) is 6.13. The monoisotopic (exact) mass is 384 g/mol. The maximum atomic E-state index is 16.9. The number of alkyl halides is 1. The van der Waals surface area contributed by atoms with Gasteiger partial charge in [0.1, 0.15) is 5.78 Å². The quantitative estimate of drug-likeness (QED) is 0.737. The van der Waals surface area contributed by atoms with Gasteiger partial charge in [-0.2, -0.15) is 0 Å². The molecule has 8 atom stereocenters. The van der Waals surface area contributed by atoms with Gasteiger partial charge >= 0.3 is 0 Å². The largest absolute Gasteiger partial charge is 0.390 e. The Hall–Kier alpha value is -1.73. The van der Waals surface area contributed by atoms with Gasteiger partial charge in [-0.25, -0.2) is 4.39 Å². The van der Waals surface area contributed by atoms with Crippen molar-refractivity contribution >= 4 is 11.6 Å². The van der Waals surface area contributed by atoms with Crippen LogP contribution in [0, 0.1) is 46.8 Å². The second-order valence-corrected chi connectivity index (χ2v) is 9.89. The number of Topliss-reactive ketones (excluding diaryl/α,β-unsaturated/α-hetero) is 1. The second-order valence-electron chi connectivity index (χ2n) is 9.89. The first-order valence-electron chi connectivity index (χ1n) is 10.4. The first-order chi connectivity index (χ1) is 13.1. The topological polar surface area (TPSA) is 54.4 Å². The number of aliphatic hydroxyl groups excluding tert-OH is 1. The molecular formula is C24H29FO3. The van der Waals surface area contributed by atoms with Gasteiger partial charge < -0.3 is 5.11 Å². The molecule has 150 valence electrons. The Kier molecular flexibility index (Phi) is 4.29. The minimum absolute atomic E-state index is 0.0204. The van der Waals surface area contributed by atoms with Gasteiger partial charge in [0.2, 0.25) is 0 Å². The van der Waals surface area contributed by atoms with Crippen molar-refractivity contribution in [3.8, 4) is 12.3 Å². The van der Waals surface area contributed by atoms with Crippen molar-refractivity contribution in [1.29, 1.82) is 0 Å². The molecule has 0 saturated heterocycles. The van der Waals surface area contributed by atoms with E-state index in [2.05, 4.69) is 19.8 Å². The Morgan fingerprint density at radius 3 is 2.79 bits per heavy atom. The van der Waals surface area contributed by atoms with Gasteiger partial charge in [-0.15, -0.1) is 6.42 Å². The molecule has 0 aliphatic heterocycles. The average molecular weight is 384 g/mol. The van der Waals surface area contributed by atoms with Gasteiger partial charge in [0.25, 0.3) is 0 Å². The molecule has 4 aliphatic carbocycles. The molecule has 28 heavy (non-hydrogen) atoms. The number of carbonyl (C=O) groups excluding carboxylic acids is 2. The smallest absolute Gasteiger partial charge is 0.178 e. The number of hydrogen-bond donors (Lipinski definition) is 1. The van der Waals surface area contributed by atoms with Crippen LogP contribution in [0.2, 0.25) is 0 Å². The summed E-state index contributed by atoms with van der Waals surface area (Å²) in [7, 11) is 0. The lowest BCUT2D eigenvalue weighted by atomic mass is 9.45. The van der Waals surface area contributed by atoms with Crippen LogP contribution in [0.15, 0.2) is 23.8 Å². The summed E-state index contributed by atoms with van der Waals surface area (Å²) in [4.78, 5) is 24.7. The zero-order valence-corrected chi connectivity index (χ0v) is 16.9. The standard InChI is InChI=1S/C24H29FO3/c1-5-6-19(27)21-14(2)11-18-17-8-7-15-12-16(26)9-10-23(15,4)24(17,25)20(28)13-22(18,21)3/h1,9-10,12,14,17-18,20-21,28H,6-8,11,13H2,2-4H3/t14-,17?,18?,20+,21?,22+,23+,24+/m1/s1. The number of halogens is 1. The summed E-state index contributed by atoms with van der Waals surface area (Å²) in [5, 5.41) is 11.2. The fraction of sp³-hybridized carbons (Fsp3) is 0.667. The van der Waals surface area contributed by atoms with E-state index in [1.54, 1.807) is 12.2 Å². The Labute approximate surface area is 166 Å². The third-order valence-electron chi connectivity index (χ3n) is 8.60. The maximum absolute atomic E-state index is 16.9. The summed E-state index contributed by atoms with van der Waals surface area (Å²) in [6, 6.07) is 0. The Morgan fingerprint density at radius 1 is 1.39 bits per heavy atom. The van der Waals surface area contributed by atoms with Crippen LogP contribution < -0.4 is 0 Å². The van der Waals surface area contributed by atoms with Crippen molar-refractivity contribution in [3.63, 3.8) is 0 Å². The van der Waals surface area contributed by atoms with Crippen molar-refractivity contribution < 1.29 is 19.1 Å². The molecule has 3 nitrogen and oxygen atoms in total. The molecule has 0 aromatic carbocycles. The first kappa shape index (κ1) is 19.6. The Bertz CT molecular complexity index is 835. The highest BCUT2D eigenvalue weighted by molar-refractivity contribution is 6.01. The van der Waals surface area contributed by atoms with Crippen LogP contribution >= 0.6 is 0 Å². The van der Waals surface area contributed by atoms with Crippen molar-refractivity contribution in [2.75, 3.05) is 0 Å². The number of allylic oxidation sites excluding steroid dienone is 4. The van der Waals surface area contributed by atoms with Gasteiger partial charge in [-0.1, -0.05) is 31.4 Å². The lowest BCUT2D eigenvalue weighted by Crippen LogP contribution is -2.66. The van der Waals surface area contributed by atoms with E-state index in [9.17, 15) is 14.7 Å². The molecule has 3 saturated carbocycles. The van der Waals surface area contributed by atoms with E-state index < -0.39 is 22.6 Å². The van der Waals surface area contributed by atoms with Crippen molar-refractivity contribution in [2.45, 2.75) is 64.6 Å². The number of rotatable bonds is 2. The zero-order chi connectivity index (χ0) is 20.5. The highest BCUT2D eigenvalue weighted by atomic mass is 19.1. The molecule has 3 unspecified atom stereocenters. The van der Waals surface area contributed by atoms with E-state index in [0.29, 0.717) is 12.8 Å². The molecule has 0 amide bonds. The number of ketones is 2. The molecule has 3 fully saturated rings. The number of carbonyl (C=O) groups is 2. The van der Waals surface area contributed by atoms with Crippen molar-refractivity contribution in [2.24, 2.45) is 34.5 Å². The van der Waals surface area contributed by atoms with Gasteiger partial charge in [0, 0.05) is 17.3 Å². The highest BCUT2D eigenvalue weighted by Gasteiger charge is 2.71. The number of terminal acetylenes is 1. The summed E-state index contributed by atoms with van der Waals surface area (Å²) in [5.41, 5.74) is -2.47. The molecule has 0 aromatic heterocycles. The number of aliphatic hydroxyl groups is 1. The fourth-order valence-electron chi connectivity index (χ4n) is 7.47. The van der Waals surface area contributed by atoms with Crippen LogP contribution in [0.25, 0.3) is 0 Å². The molecule has 4 rings (SSSR count). The molecule has 0 radical (unpaired) electrons. The van der Waals surface area contributed by atoms with Crippen LogP contribution in [-0.2, 0) is 9.59 Å². The molecule has 0 heterocycles. The fourth-order valence-corrected chi connectivity index (χ4v) is 7.47. The summed E-state index contributed by atoms with van der Waals surface area (Å²) in [5.74, 6) is 1.97. The zero-order valence-electron chi connectivity index (χ0n) is 16.9. The summed E-state index contributed by atoms with van der Waals surface area (Å²) in [6.07, 6.45) is 11.2. The number of fused-ring (bicyclic) bond motifs is 5. The van der Waals surface area contributed by atoms with E-state index in [-0.39, 0.29) is 48.1 Å². The summed E-state index contributed by atoms with van der Waals surface area (Å²) < 4.78 is 16.9. The van der Waals surface area contributed by atoms with E-state index in [1.165, 1.54) is 6.08 Å². The third-order valence-corrected chi connectivity index (χ3v) is 8.60. The molecule has 4 heteroatoms. The van der Waals surface area contributed by atoms with Gasteiger partial charge in [0.15, 0.2) is 11.5 Å². The normalized spacial score (nSPS) is 49.5. The third kappa shape index (κ3) is 2.26. The van der Waals surface area contributed by atoms with Crippen LogP contribution in [0.3, 0.4) is 0 Å². The van der Waals surface area contributed by atoms with Gasteiger partial charge in [-0.3, -0.25) is 9.59 Å². The van der Waals surface area contributed by atoms with Crippen LogP contribution in [-0.4, -0.2) is 28.4 Å². The van der Waals surface area contributed by atoms with Crippen LogP contribution in [0.5, 0.6) is 0 Å². The van der Waals surface area contributed by atoms with Crippen LogP contribution in [0.4, 0.5) is 4.39 Å². The molecular weight excluding hydrogens is 355 g/mol. The Morgan fingerprint density at radius 2 is 2.11 bits per heavy atom. The minimum Gasteiger partial charge on any atom is -0.390 e. The predicted molar refractivity (Wildman–Crippen MR) is 105 cm³/mol. The van der Waals surface area contributed by atoms with Gasteiger partial charge in [-0.05, 0) is 62.0 Å². The van der Waals surface area contributed by atoms with Crippen molar-refractivity contribution in [1.82, 2.24) is 0 Å². The first-order valence-corrected chi connectivity index (χ1v) is 10.4. The maximum Gasteiger partial charge on any atom is 0.178 e. The Balaban J connectivity index is 1.78. The van der Waals surface area contributed by atoms with E-state index in [4.69, 9.17) is 6.42 Å². The lowest BCUT2D eigenvalue weighted by molar-refractivity contribution is -0.195. The minimum atomic E-state index is -1.83. The average Bonchev–Trinajstić information content (AvgIpc) is 2.87. The molecule has 0 bridgehead atoms. The van der Waals surface area contributed by atoms with E-state index in [0.717, 1.165) is 12.0 Å². The van der Waals surface area contributed by atoms with E-state index in [1.807, 2.05) is 6.92 Å². The molecule has 1 N–H and O–H groups in total. The van der Waals surface area contributed by atoms with Gasteiger partial charge in [0.05, 0.1) is 12.5 Å². The molecule has 0 aromatic rings. The highest BCUT2D eigenvalue weighted by Crippen LogP contribution is 2.69.